The van der Waals surface area contributed by atoms with E-state index >= 15 is 0 Å². The molecule has 0 heterocycles. The van der Waals surface area contributed by atoms with E-state index in [1.165, 1.54) is 0 Å². The minimum atomic E-state index is -0.607. The van der Waals surface area contributed by atoms with Crippen LogP contribution in [-0.2, 0) is 11.2 Å². The van der Waals surface area contributed by atoms with Gasteiger partial charge in [-0.1, -0.05) is 12.1 Å². The summed E-state index contributed by atoms with van der Waals surface area (Å²) >= 11 is 0. The number of carbonyl (C=O) groups is 1. The Morgan fingerprint density at radius 1 is 1.45 bits per heavy atom. The van der Waals surface area contributed by atoms with Crippen LogP contribution in [0.2, 0.25) is 0 Å². The van der Waals surface area contributed by atoms with Crippen LogP contribution in [0.4, 0.5) is 10.5 Å². The summed E-state index contributed by atoms with van der Waals surface area (Å²) in [6.07, 6.45) is 0.144. The Balaban J connectivity index is 2.27. The van der Waals surface area contributed by atoms with Gasteiger partial charge in [0.25, 0.3) is 0 Å². The highest BCUT2D eigenvalue weighted by molar-refractivity contribution is 5.67. The van der Waals surface area contributed by atoms with Gasteiger partial charge >= 0.3 is 6.09 Å². The minimum Gasteiger partial charge on any atom is -0.444 e. The second kappa shape index (κ2) is 7.14. The molecule has 0 spiro atoms. The smallest absolute Gasteiger partial charge is 0.407 e. The zero-order valence-electron chi connectivity index (χ0n) is 12.3. The summed E-state index contributed by atoms with van der Waals surface area (Å²) in [6.45, 7) is 5.56. The molecule has 0 aliphatic carbocycles. The van der Waals surface area contributed by atoms with Gasteiger partial charge in [0.2, 0.25) is 0 Å². The number of hydrogen-bond acceptors (Lipinski definition) is 4. The van der Waals surface area contributed by atoms with Crippen LogP contribution >= 0.6 is 0 Å². The Morgan fingerprint density at radius 3 is 2.75 bits per heavy atom. The summed E-state index contributed by atoms with van der Waals surface area (Å²) in [5.74, 6) is 0. The van der Waals surface area contributed by atoms with Crippen molar-refractivity contribution in [1.29, 1.82) is 0 Å². The molecule has 0 aromatic heterocycles. The lowest BCUT2D eigenvalue weighted by Gasteiger charge is -2.20. The molecule has 4 N–H and O–H groups in total. The van der Waals surface area contributed by atoms with Crippen LogP contribution in [0.15, 0.2) is 24.3 Å². The molecule has 0 bridgehead atoms. The van der Waals surface area contributed by atoms with Crippen molar-refractivity contribution in [3.8, 4) is 0 Å². The maximum atomic E-state index is 11.4. The van der Waals surface area contributed by atoms with Gasteiger partial charge in [-0.25, -0.2) is 4.79 Å². The van der Waals surface area contributed by atoms with Crippen LogP contribution < -0.4 is 11.1 Å². The number of nitrogen functional groups attached to an aromatic ring is 1. The van der Waals surface area contributed by atoms with E-state index in [1.807, 2.05) is 24.3 Å². The van der Waals surface area contributed by atoms with Gasteiger partial charge in [-0.15, -0.1) is 0 Å². The van der Waals surface area contributed by atoms with Crippen molar-refractivity contribution in [3.05, 3.63) is 29.8 Å². The number of ether oxygens (including phenoxy) is 1. The van der Waals surface area contributed by atoms with E-state index in [-0.39, 0.29) is 6.54 Å². The van der Waals surface area contributed by atoms with Gasteiger partial charge in [0, 0.05) is 12.2 Å². The number of hydrogen-bond donors (Lipinski definition) is 3. The van der Waals surface area contributed by atoms with Crippen molar-refractivity contribution in [2.45, 2.75) is 45.3 Å². The summed E-state index contributed by atoms with van der Waals surface area (Å²) in [7, 11) is 0. The average Bonchev–Trinajstić information content (AvgIpc) is 2.32. The van der Waals surface area contributed by atoms with Gasteiger partial charge in [0.1, 0.15) is 5.60 Å². The van der Waals surface area contributed by atoms with Gasteiger partial charge in [-0.3, -0.25) is 0 Å². The minimum absolute atomic E-state index is 0.178. The van der Waals surface area contributed by atoms with Gasteiger partial charge in [-0.05, 0) is 51.3 Å². The van der Waals surface area contributed by atoms with E-state index in [4.69, 9.17) is 10.5 Å². The van der Waals surface area contributed by atoms with E-state index in [0.717, 1.165) is 5.56 Å². The lowest BCUT2D eigenvalue weighted by atomic mass is 10.1. The fourth-order valence-corrected chi connectivity index (χ4v) is 1.70. The molecule has 1 aromatic rings. The topological polar surface area (TPSA) is 84.6 Å². The van der Waals surface area contributed by atoms with Crippen molar-refractivity contribution in [2.75, 3.05) is 12.3 Å². The predicted molar refractivity (Wildman–Crippen MR) is 79.4 cm³/mol. The Kier molecular flexibility index (Phi) is 5.82. The first-order chi connectivity index (χ1) is 9.26. The van der Waals surface area contributed by atoms with Gasteiger partial charge < -0.3 is 20.9 Å². The van der Waals surface area contributed by atoms with Crippen molar-refractivity contribution >= 4 is 11.8 Å². The predicted octanol–water partition coefficient (Wildman–Crippen LogP) is 2.09. The lowest BCUT2D eigenvalue weighted by Crippen LogP contribution is -2.37. The first kappa shape index (κ1) is 16.3. The van der Waals surface area contributed by atoms with Crippen molar-refractivity contribution in [1.82, 2.24) is 5.32 Å². The molecular formula is C15H24N2O3. The highest BCUT2D eigenvalue weighted by Gasteiger charge is 2.16. The maximum Gasteiger partial charge on any atom is 0.407 e. The first-order valence-corrected chi connectivity index (χ1v) is 6.75. The molecule has 1 aromatic carbocycles. The van der Waals surface area contributed by atoms with E-state index in [1.54, 1.807) is 20.8 Å². The Labute approximate surface area is 120 Å². The summed E-state index contributed by atoms with van der Waals surface area (Å²) in [5, 5.41) is 12.4. The van der Waals surface area contributed by atoms with E-state index < -0.39 is 17.8 Å². The normalized spacial score (nSPS) is 12.8. The average molecular weight is 280 g/mol. The van der Waals surface area contributed by atoms with Crippen LogP contribution in [-0.4, -0.2) is 29.4 Å². The quantitative estimate of drug-likeness (QED) is 0.721. The summed E-state index contributed by atoms with van der Waals surface area (Å²) in [4.78, 5) is 11.4. The third kappa shape index (κ3) is 6.99. The van der Waals surface area contributed by atoms with Gasteiger partial charge in [0.15, 0.2) is 0 Å². The van der Waals surface area contributed by atoms with Crippen molar-refractivity contribution in [3.63, 3.8) is 0 Å². The number of anilines is 1. The Morgan fingerprint density at radius 2 is 2.15 bits per heavy atom. The molecule has 5 heteroatoms. The number of benzene rings is 1. The van der Waals surface area contributed by atoms with E-state index in [0.29, 0.717) is 18.5 Å². The highest BCUT2D eigenvalue weighted by atomic mass is 16.6. The maximum absolute atomic E-state index is 11.4. The molecule has 0 aliphatic heterocycles. The fraction of sp³-hybridized carbons (Fsp3) is 0.533. The SMILES string of the molecule is CC(C)(C)OC(=O)NCC(O)CCc1cccc(N)c1. The first-order valence-electron chi connectivity index (χ1n) is 6.75. The number of nitrogens with two attached hydrogens (primary N) is 1. The number of rotatable bonds is 5. The molecule has 1 atom stereocenters. The van der Waals surface area contributed by atoms with Crippen molar-refractivity contribution < 1.29 is 14.6 Å². The molecule has 1 unspecified atom stereocenters. The third-order valence-electron chi connectivity index (χ3n) is 2.60. The monoisotopic (exact) mass is 280 g/mol. The van der Waals surface area contributed by atoms with Gasteiger partial charge in [-0.2, -0.15) is 0 Å². The highest BCUT2D eigenvalue weighted by Crippen LogP contribution is 2.10. The van der Waals surface area contributed by atoms with E-state index in [9.17, 15) is 9.90 Å². The molecule has 0 saturated carbocycles. The number of aliphatic hydroxyl groups excluding tert-OH is 1. The second-order valence-corrected chi connectivity index (χ2v) is 5.82. The van der Waals surface area contributed by atoms with Crippen molar-refractivity contribution in [2.24, 2.45) is 0 Å². The Hall–Kier alpha value is -1.75. The Bertz CT molecular complexity index is 441. The third-order valence-corrected chi connectivity index (χ3v) is 2.60. The molecule has 1 amide bonds. The largest absolute Gasteiger partial charge is 0.444 e. The van der Waals surface area contributed by atoms with Gasteiger partial charge in [0.05, 0.1) is 6.10 Å². The van der Waals surface area contributed by atoms with Crippen LogP contribution in [0, 0.1) is 0 Å². The zero-order chi connectivity index (χ0) is 15.2. The van der Waals surface area contributed by atoms with E-state index in [2.05, 4.69) is 5.32 Å². The van der Waals surface area contributed by atoms with Crippen LogP contribution in [0.1, 0.15) is 32.8 Å². The molecule has 112 valence electrons. The fourth-order valence-electron chi connectivity index (χ4n) is 1.70. The standard InChI is InChI=1S/C15H24N2O3/c1-15(2,3)20-14(19)17-10-13(18)8-7-11-5-4-6-12(16)9-11/h4-6,9,13,18H,7-8,10,16H2,1-3H3,(H,17,19). The summed E-state index contributed by atoms with van der Waals surface area (Å²) in [5.41, 5.74) is 6.94. The molecule has 0 fully saturated rings. The number of nitrogens with one attached hydrogen (secondary N) is 1. The number of aliphatic hydroxyl groups is 1. The number of aryl methyl sites for hydroxylation is 1. The molecule has 0 aliphatic rings. The van der Waals surface area contributed by atoms with Crippen LogP contribution in [0.25, 0.3) is 0 Å². The molecule has 0 saturated heterocycles. The summed E-state index contributed by atoms with van der Waals surface area (Å²) < 4.78 is 5.09. The van der Waals surface area contributed by atoms with Crippen LogP contribution in [0.3, 0.4) is 0 Å². The molecular weight excluding hydrogens is 256 g/mol. The number of alkyl carbamates (subject to hydrolysis) is 1. The number of carbonyl (C=O) groups excluding carboxylic acids is 1. The molecule has 0 radical (unpaired) electrons. The van der Waals surface area contributed by atoms with Crippen LogP contribution in [0.5, 0.6) is 0 Å². The lowest BCUT2D eigenvalue weighted by molar-refractivity contribution is 0.0489. The molecule has 5 nitrogen and oxygen atoms in total. The second-order valence-electron chi connectivity index (χ2n) is 5.82. The molecule has 20 heavy (non-hydrogen) atoms. The zero-order valence-corrected chi connectivity index (χ0v) is 12.3. The number of amides is 1. The summed E-state index contributed by atoms with van der Waals surface area (Å²) in [6, 6.07) is 7.55. The molecule has 1 rings (SSSR count).